The molecule has 39 heavy (non-hydrogen) atoms. The fraction of sp³-hybridized carbons (Fsp3) is 0.367. The monoisotopic (exact) mass is 570 g/mol. The van der Waals surface area contributed by atoms with Gasteiger partial charge in [-0.25, -0.2) is 4.39 Å². The first-order chi connectivity index (χ1) is 18.7. The van der Waals surface area contributed by atoms with E-state index < -0.39 is 0 Å². The molecule has 9 heteroatoms. The van der Waals surface area contributed by atoms with Crippen molar-refractivity contribution in [3.05, 3.63) is 76.0 Å². The molecule has 3 aromatic rings. The van der Waals surface area contributed by atoms with Crippen molar-refractivity contribution in [3.8, 4) is 11.1 Å². The van der Waals surface area contributed by atoms with Crippen molar-refractivity contribution in [1.82, 2.24) is 4.90 Å². The first-order valence-corrected chi connectivity index (χ1v) is 14.0. The molecule has 0 bridgehead atoms. The van der Waals surface area contributed by atoms with Crippen molar-refractivity contribution >= 4 is 46.2 Å². The summed E-state index contributed by atoms with van der Waals surface area (Å²) in [5, 5.41) is 3.76. The Morgan fingerprint density at radius 1 is 0.923 bits per heavy atom. The Hall–Kier alpha value is -2.84. The molecule has 0 spiro atoms. The van der Waals surface area contributed by atoms with Gasteiger partial charge >= 0.3 is 0 Å². The van der Waals surface area contributed by atoms with Crippen LogP contribution in [0.25, 0.3) is 11.1 Å². The molecule has 2 atom stereocenters. The lowest BCUT2D eigenvalue weighted by molar-refractivity contribution is 0.102. The summed E-state index contributed by atoms with van der Waals surface area (Å²) in [6.45, 7) is 8.76. The summed E-state index contributed by atoms with van der Waals surface area (Å²) in [6, 6.07) is 16.4. The van der Waals surface area contributed by atoms with Gasteiger partial charge in [-0.15, -0.1) is 0 Å². The third-order valence-corrected chi connectivity index (χ3v) is 8.15. The summed E-state index contributed by atoms with van der Waals surface area (Å²) in [6.07, 6.45) is 0. The largest absolute Gasteiger partial charge is 0.378 e. The number of likely N-dealkylation sites (N-methyl/N-ethyl adjacent to an activating group) is 1. The van der Waals surface area contributed by atoms with Crippen molar-refractivity contribution in [2.45, 2.75) is 25.9 Å². The highest BCUT2D eigenvalue weighted by Crippen LogP contribution is 2.37. The first kappa shape index (κ1) is 27.7. The van der Waals surface area contributed by atoms with Crippen LogP contribution >= 0.6 is 23.2 Å². The minimum Gasteiger partial charge on any atom is -0.378 e. The molecule has 2 aliphatic rings. The number of amides is 1. The Balaban J connectivity index is 1.51. The van der Waals surface area contributed by atoms with Gasteiger partial charge in [0, 0.05) is 65.1 Å². The number of anilines is 3. The zero-order valence-electron chi connectivity index (χ0n) is 22.4. The Labute approximate surface area is 239 Å². The molecule has 206 valence electrons. The minimum atomic E-state index is -0.365. The zero-order chi connectivity index (χ0) is 27.7. The second-order valence-electron chi connectivity index (χ2n) is 10.4. The predicted molar refractivity (Wildman–Crippen MR) is 158 cm³/mol. The summed E-state index contributed by atoms with van der Waals surface area (Å²) in [4.78, 5) is 20.0. The van der Waals surface area contributed by atoms with Crippen LogP contribution in [-0.4, -0.2) is 69.3 Å². The van der Waals surface area contributed by atoms with E-state index in [0.717, 1.165) is 24.3 Å². The zero-order valence-corrected chi connectivity index (χ0v) is 23.9. The highest BCUT2D eigenvalue weighted by atomic mass is 35.5. The van der Waals surface area contributed by atoms with Crippen molar-refractivity contribution in [2.75, 3.05) is 61.6 Å². The van der Waals surface area contributed by atoms with Gasteiger partial charge in [0.05, 0.1) is 24.6 Å². The first-order valence-electron chi connectivity index (χ1n) is 13.2. The molecule has 5 rings (SSSR count). The van der Waals surface area contributed by atoms with Gasteiger partial charge in [-0.05, 0) is 68.9 Å². The van der Waals surface area contributed by atoms with Crippen LogP contribution in [0, 0.1) is 5.82 Å². The van der Waals surface area contributed by atoms with Gasteiger partial charge in [-0.3, -0.25) is 9.69 Å². The van der Waals surface area contributed by atoms with E-state index in [1.54, 1.807) is 24.3 Å². The van der Waals surface area contributed by atoms with E-state index in [2.05, 4.69) is 40.9 Å². The second kappa shape index (κ2) is 11.7. The highest BCUT2D eigenvalue weighted by Gasteiger charge is 2.29. The van der Waals surface area contributed by atoms with Crippen LogP contribution < -0.4 is 15.1 Å². The Bertz CT molecular complexity index is 1320. The molecule has 0 aromatic heterocycles. The van der Waals surface area contributed by atoms with Crippen molar-refractivity contribution in [3.63, 3.8) is 0 Å². The number of morpholine rings is 1. The Morgan fingerprint density at radius 3 is 2.15 bits per heavy atom. The van der Waals surface area contributed by atoms with Gasteiger partial charge in [0.1, 0.15) is 5.82 Å². The molecule has 1 amide bonds. The molecule has 0 radical (unpaired) electrons. The van der Waals surface area contributed by atoms with E-state index in [1.165, 1.54) is 6.07 Å². The number of piperazine rings is 1. The van der Waals surface area contributed by atoms with Gasteiger partial charge in [-0.2, -0.15) is 0 Å². The maximum atomic E-state index is 15.8. The topological polar surface area (TPSA) is 48.1 Å². The predicted octanol–water partition coefficient (Wildman–Crippen LogP) is 6.42. The molecule has 0 saturated carbocycles. The van der Waals surface area contributed by atoms with E-state index in [0.29, 0.717) is 58.9 Å². The number of benzene rings is 3. The molecule has 0 aliphatic carbocycles. The van der Waals surface area contributed by atoms with Crippen LogP contribution in [0.1, 0.15) is 24.2 Å². The fourth-order valence-electron chi connectivity index (χ4n) is 5.30. The summed E-state index contributed by atoms with van der Waals surface area (Å²) in [5.74, 6) is -0.705. The van der Waals surface area contributed by atoms with E-state index in [1.807, 2.05) is 24.3 Å². The highest BCUT2D eigenvalue weighted by molar-refractivity contribution is 6.35. The summed E-state index contributed by atoms with van der Waals surface area (Å²) < 4.78 is 21.2. The Kier molecular flexibility index (Phi) is 8.33. The van der Waals surface area contributed by atoms with Crippen LogP contribution in [0.3, 0.4) is 0 Å². The van der Waals surface area contributed by atoms with Gasteiger partial charge in [-0.1, -0.05) is 35.3 Å². The molecule has 6 nitrogen and oxygen atoms in total. The van der Waals surface area contributed by atoms with Gasteiger partial charge in [0.15, 0.2) is 0 Å². The third kappa shape index (κ3) is 6.17. The number of hydrogen-bond donors (Lipinski definition) is 1. The van der Waals surface area contributed by atoms with E-state index in [4.69, 9.17) is 27.9 Å². The van der Waals surface area contributed by atoms with Crippen molar-refractivity contribution in [2.24, 2.45) is 0 Å². The molecular formula is C30H33Cl2FN4O2. The van der Waals surface area contributed by atoms with Gasteiger partial charge < -0.3 is 19.9 Å². The number of ether oxygens (including phenoxy) is 1. The third-order valence-electron chi connectivity index (χ3n) is 7.71. The van der Waals surface area contributed by atoms with E-state index >= 15 is 4.39 Å². The number of hydrogen-bond acceptors (Lipinski definition) is 5. The molecular weight excluding hydrogens is 538 g/mol. The van der Waals surface area contributed by atoms with Crippen LogP contribution in [0.2, 0.25) is 10.0 Å². The summed E-state index contributed by atoms with van der Waals surface area (Å²) in [7, 11) is 2.10. The molecule has 2 saturated heterocycles. The molecule has 3 aromatic carbocycles. The molecule has 2 aliphatic heterocycles. The smallest absolute Gasteiger partial charge is 0.255 e. The standard InChI is InChI=1S/C30H33Cl2FN4O2/c1-19-17-37(18-20(2)35(19)3)29-16-27(33)26(21-4-6-25(7-5-21)36-8-10-39-11-9-36)15-28(29)34-30(38)22-12-23(31)14-24(32)13-22/h4-7,12-16,19-20H,8-11,17-18H2,1-3H3,(H,34,38). The van der Waals surface area contributed by atoms with Gasteiger partial charge in [0.2, 0.25) is 0 Å². The number of nitrogens with one attached hydrogen (secondary N) is 1. The normalized spacial score (nSPS) is 20.3. The maximum absolute atomic E-state index is 15.8. The minimum absolute atomic E-state index is 0.263. The number of nitrogens with zero attached hydrogens (tertiary/aromatic N) is 3. The molecule has 2 heterocycles. The molecule has 1 N–H and O–H groups in total. The Morgan fingerprint density at radius 2 is 1.54 bits per heavy atom. The van der Waals surface area contributed by atoms with Crippen LogP contribution in [0.4, 0.5) is 21.5 Å². The second-order valence-corrected chi connectivity index (χ2v) is 11.2. The lowest BCUT2D eigenvalue weighted by Crippen LogP contribution is -2.55. The van der Waals surface area contributed by atoms with E-state index in [-0.39, 0.29) is 23.8 Å². The number of rotatable bonds is 5. The quantitative estimate of drug-likeness (QED) is 0.383. The number of halogens is 3. The molecule has 2 fully saturated rings. The van der Waals surface area contributed by atoms with Crippen LogP contribution in [0.15, 0.2) is 54.6 Å². The summed E-state index contributed by atoms with van der Waals surface area (Å²) in [5.41, 5.74) is 3.74. The lowest BCUT2D eigenvalue weighted by atomic mass is 10.0. The van der Waals surface area contributed by atoms with Crippen LogP contribution in [0.5, 0.6) is 0 Å². The van der Waals surface area contributed by atoms with Crippen LogP contribution in [-0.2, 0) is 4.74 Å². The van der Waals surface area contributed by atoms with Crippen molar-refractivity contribution < 1.29 is 13.9 Å². The maximum Gasteiger partial charge on any atom is 0.255 e. The summed E-state index contributed by atoms with van der Waals surface area (Å²) >= 11 is 12.3. The number of carbonyl (C=O) groups is 1. The average molecular weight is 572 g/mol. The average Bonchev–Trinajstić information content (AvgIpc) is 2.92. The lowest BCUT2D eigenvalue weighted by Gasteiger charge is -2.44. The SMILES string of the molecule is CC1CN(c2cc(F)c(-c3ccc(N4CCOCC4)cc3)cc2NC(=O)c2cc(Cl)cc(Cl)c2)CC(C)N1C. The molecule has 2 unspecified atom stereocenters. The number of carbonyl (C=O) groups excluding carboxylic acids is 1. The van der Waals surface area contributed by atoms with Gasteiger partial charge in [0.25, 0.3) is 5.91 Å². The van der Waals surface area contributed by atoms with E-state index in [9.17, 15) is 4.79 Å². The fourth-order valence-corrected chi connectivity index (χ4v) is 5.83. The van der Waals surface area contributed by atoms with Crippen molar-refractivity contribution in [1.29, 1.82) is 0 Å².